The zero-order valence-electron chi connectivity index (χ0n) is 15.2. The van der Waals surface area contributed by atoms with Gasteiger partial charge in [0.25, 0.3) is 0 Å². The van der Waals surface area contributed by atoms with E-state index in [0.717, 1.165) is 0 Å². The number of rotatable bonds is 9. The third kappa shape index (κ3) is 5.85. The van der Waals surface area contributed by atoms with E-state index < -0.39 is 5.97 Å². The van der Waals surface area contributed by atoms with Crippen molar-refractivity contribution in [1.29, 1.82) is 0 Å². The number of Topliss-reactive ketones (excluding diaryl/α,β-unsaturated/α-hetero) is 1. The summed E-state index contributed by atoms with van der Waals surface area (Å²) in [5.74, 6) is -0.507. The summed E-state index contributed by atoms with van der Waals surface area (Å²) in [4.78, 5) is 34.3. The molecule has 0 unspecified atom stereocenters. The number of methoxy groups -OCH3 is 1. The van der Waals surface area contributed by atoms with Crippen LogP contribution in [0.2, 0.25) is 0 Å². The van der Waals surface area contributed by atoms with E-state index in [9.17, 15) is 14.4 Å². The van der Waals surface area contributed by atoms with E-state index in [1.165, 1.54) is 32.2 Å². The summed E-state index contributed by atoms with van der Waals surface area (Å²) < 4.78 is 10.6. The maximum Gasteiger partial charge on any atom is 0.339 e. The fourth-order valence-electron chi connectivity index (χ4n) is 2.38. The third-order valence-electron chi connectivity index (χ3n) is 3.79. The molecule has 142 valence electrons. The van der Waals surface area contributed by atoms with E-state index >= 15 is 0 Å². The van der Waals surface area contributed by atoms with E-state index in [1.54, 1.807) is 24.3 Å². The molecule has 0 fully saturated rings. The van der Waals surface area contributed by atoms with Crippen molar-refractivity contribution >= 4 is 23.3 Å². The molecule has 7 nitrogen and oxygen atoms in total. The van der Waals surface area contributed by atoms with Gasteiger partial charge in [-0.2, -0.15) is 0 Å². The van der Waals surface area contributed by atoms with E-state index in [0.29, 0.717) is 30.0 Å². The van der Waals surface area contributed by atoms with Crippen LogP contribution >= 0.6 is 0 Å². The number of ketones is 1. The second kappa shape index (κ2) is 9.38. The zero-order chi connectivity index (χ0) is 19.8. The molecule has 2 aromatic rings. The van der Waals surface area contributed by atoms with Crippen LogP contribution in [0.5, 0.6) is 11.5 Å². The van der Waals surface area contributed by atoms with Crippen molar-refractivity contribution in [3.63, 3.8) is 0 Å². The molecule has 0 atom stereocenters. The topological polar surface area (TPSA) is 102 Å². The van der Waals surface area contributed by atoms with Gasteiger partial charge in [0.1, 0.15) is 17.1 Å². The molecule has 2 aromatic carbocycles. The van der Waals surface area contributed by atoms with Crippen LogP contribution in [0.3, 0.4) is 0 Å². The van der Waals surface area contributed by atoms with Gasteiger partial charge in [0.2, 0.25) is 5.91 Å². The summed E-state index contributed by atoms with van der Waals surface area (Å²) in [6.07, 6.45) is 0.749. The second-order valence-corrected chi connectivity index (χ2v) is 5.80. The lowest BCUT2D eigenvalue weighted by atomic mass is 10.1. The number of carbonyl (C=O) groups is 3. The molecule has 7 heteroatoms. The molecular formula is C20H21NO6. The average Bonchev–Trinajstić information content (AvgIpc) is 2.65. The molecule has 2 N–H and O–H groups in total. The predicted octanol–water partition coefficient (Wildman–Crippen LogP) is 3.39. The van der Waals surface area contributed by atoms with Crippen LogP contribution < -0.4 is 14.8 Å². The molecule has 0 heterocycles. The van der Waals surface area contributed by atoms with Crippen LogP contribution in [-0.4, -0.2) is 36.5 Å². The number of anilines is 1. The lowest BCUT2D eigenvalue weighted by molar-refractivity contribution is -0.116. The second-order valence-electron chi connectivity index (χ2n) is 5.80. The van der Waals surface area contributed by atoms with E-state index in [1.807, 2.05) is 0 Å². The Labute approximate surface area is 156 Å². The molecule has 0 aliphatic rings. The first kappa shape index (κ1) is 20.0. The highest BCUT2D eigenvalue weighted by atomic mass is 16.5. The highest BCUT2D eigenvalue weighted by Gasteiger charge is 2.12. The molecule has 27 heavy (non-hydrogen) atoms. The smallest absolute Gasteiger partial charge is 0.339 e. The van der Waals surface area contributed by atoms with Gasteiger partial charge in [-0.1, -0.05) is 0 Å². The van der Waals surface area contributed by atoms with E-state index in [2.05, 4.69) is 5.32 Å². The lowest BCUT2D eigenvalue weighted by Crippen LogP contribution is -2.13. The Morgan fingerprint density at radius 2 is 1.78 bits per heavy atom. The van der Waals surface area contributed by atoms with Crippen molar-refractivity contribution in [2.24, 2.45) is 0 Å². The van der Waals surface area contributed by atoms with Crippen molar-refractivity contribution in [3.05, 3.63) is 53.6 Å². The lowest BCUT2D eigenvalue weighted by Gasteiger charge is -2.10. The zero-order valence-corrected chi connectivity index (χ0v) is 15.2. The molecule has 0 aromatic heterocycles. The minimum absolute atomic E-state index is 0.00811. The molecule has 0 spiro atoms. The number of carbonyl (C=O) groups excluding carboxylic acids is 2. The number of aromatic carboxylic acids is 1. The molecular weight excluding hydrogens is 350 g/mol. The molecule has 0 radical (unpaired) electrons. The number of carboxylic acid groups (broad SMARTS) is 1. The summed E-state index contributed by atoms with van der Waals surface area (Å²) >= 11 is 0. The fourth-order valence-corrected chi connectivity index (χ4v) is 2.38. The molecule has 0 bridgehead atoms. The summed E-state index contributed by atoms with van der Waals surface area (Å²) in [5, 5.41) is 11.7. The predicted molar refractivity (Wildman–Crippen MR) is 99.8 cm³/mol. The van der Waals surface area contributed by atoms with Gasteiger partial charge in [0, 0.05) is 23.7 Å². The molecule has 0 saturated heterocycles. The standard InChI is InChI=1S/C20H21NO6/c1-13(22)14-5-8-16(9-6-14)27-11-3-4-19(23)21-15-7-10-17(20(24)25)18(12-15)26-2/h5-10,12H,3-4,11H2,1-2H3,(H,21,23)(H,24,25). The fraction of sp³-hybridized carbons (Fsp3) is 0.250. The van der Waals surface area contributed by atoms with Crippen LogP contribution in [0.1, 0.15) is 40.5 Å². The Morgan fingerprint density at radius 1 is 1.07 bits per heavy atom. The van der Waals surface area contributed by atoms with Crippen LogP contribution in [0, 0.1) is 0 Å². The SMILES string of the molecule is COc1cc(NC(=O)CCCOc2ccc(C(C)=O)cc2)ccc1C(=O)O. The van der Waals surface area contributed by atoms with Gasteiger partial charge in [-0.25, -0.2) is 4.79 Å². The Morgan fingerprint density at radius 3 is 2.37 bits per heavy atom. The van der Waals surface area contributed by atoms with Crippen LogP contribution in [-0.2, 0) is 4.79 Å². The summed E-state index contributed by atoms with van der Waals surface area (Å²) in [7, 11) is 1.37. The highest BCUT2D eigenvalue weighted by molar-refractivity contribution is 5.95. The van der Waals surface area contributed by atoms with Crippen molar-refractivity contribution in [2.75, 3.05) is 19.0 Å². The molecule has 0 aliphatic carbocycles. The first-order valence-corrected chi connectivity index (χ1v) is 8.35. The van der Waals surface area contributed by atoms with Gasteiger partial charge in [-0.15, -0.1) is 0 Å². The van der Waals surface area contributed by atoms with Crippen LogP contribution in [0.15, 0.2) is 42.5 Å². The van der Waals surface area contributed by atoms with Crippen molar-refractivity contribution in [2.45, 2.75) is 19.8 Å². The highest BCUT2D eigenvalue weighted by Crippen LogP contribution is 2.23. The number of nitrogens with one attached hydrogen (secondary N) is 1. The number of hydrogen-bond acceptors (Lipinski definition) is 5. The van der Waals surface area contributed by atoms with Gasteiger partial charge in [0.05, 0.1) is 13.7 Å². The Balaban J connectivity index is 1.79. The third-order valence-corrected chi connectivity index (χ3v) is 3.79. The molecule has 2 rings (SSSR count). The number of carboxylic acids is 1. The molecule has 1 amide bonds. The van der Waals surface area contributed by atoms with E-state index in [4.69, 9.17) is 14.6 Å². The Kier molecular flexibility index (Phi) is 6.93. The van der Waals surface area contributed by atoms with Gasteiger partial charge in [-0.3, -0.25) is 9.59 Å². The minimum atomic E-state index is -1.10. The largest absolute Gasteiger partial charge is 0.496 e. The van der Waals surface area contributed by atoms with Crippen LogP contribution in [0.25, 0.3) is 0 Å². The van der Waals surface area contributed by atoms with Gasteiger partial charge in [-0.05, 0) is 49.7 Å². The first-order valence-electron chi connectivity index (χ1n) is 8.35. The maximum absolute atomic E-state index is 12.0. The molecule has 0 saturated carbocycles. The number of amides is 1. The maximum atomic E-state index is 12.0. The normalized spacial score (nSPS) is 10.1. The number of ether oxygens (including phenoxy) is 2. The van der Waals surface area contributed by atoms with E-state index in [-0.39, 0.29) is 29.4 Å². The molecule has 0 aliphatic heterocycles. The van der Waals surface area contributed by atoms with Crippen LogP contribution in [0.4, 0.5) is 5.69 Å². The number of benzene rings is 2. The summed E-state index contributed by atoms with van der Waals surface area (Å²) in [6, 6.07) is 11.2. The number of hydrogen-bond donors (Lipinski definition) is 2. The van der Waals surface area contributed by atoms with Gasteiger partial charge >= 0.3 is 5.97 Å². The Hall–Kier alpha value is -3.35. The van der Waals surface area contributed by atoms with Gasteiger partial charge < -0.3 is 19.9 Å². The Bertz CT molecular complexity index is 829. The monoisotopic (exact) mass is 371 g/mol. The summed E-state index contributed by atoms with van der Waals surface area (Å²) in [5.41, 5.74) is 1.10. The van der Waals surface area contributed by atoms with Crippen molar-refractivity contribution < 1.29 is 29.0 Å². The minimum Gasteiger partial charge on any atom is -0.496 e. The first-order chi connectivity index (χ1) is 12.9. The van der Waals surface area contributed by atoms with Crippen molar-refractivity contribution in [3.8, 4) is 11.5 Å². The quantitative estimate of drug-likeness (QED) is 0.517. The summed E-state index contributed by atoms with van der Waals surface area (Å²) in [6.45, 7) is 1.85. The van der Waals surface area contributed by atoms with Crippen molar-refractivity contribution in [1.82, 2.24) is 0 Å². The van der Waals surface area contributed by atoms with Gasteiger partial charge in [0.15, 0.2) is 5.78 Å². The average molecular weight is 371 g/mol.